The summed E-state index contributed by atoms with van der Waals surface area (Å²) >= 11 is 0. The van der Waals surface area contributed by atoms with Crippen molar-refractivity contribution in [3.8, 4) is 5.75 Å². The molecule has 0 heterocycles. The lowest BCUT2D eigenvalue weighted by atomic mass is 10.1. The largest absolute Gasteiger partial charge is 0.497 e. The van der Waals surface area contributed by atoms with Gasteiger partial charge in [-0.05, 0) is 24.1 Å². The second kappa shape index (κ2) is 9.34. The SMILES string of the molecule is COCCN(CCN)C(=O)CCc1ccc(OC)cc1. The number of ether oxygens (including phenoxy) is 2. The minimum absolute atomic E-state index is 0.114. The summed E-state index contributed by atoms with van der Waals surface area (Å²) in [6.07, 6.45) is 1.20. The average molecular weight is 280 g/mol. The van der Waals surface area contributed by atoms with Gasteiger partial charge in [0.05, 0.1) is 13.7 Å². The molecule has 0 saturated carbocycles. The molecule has 20 heavy (non-hydrogen) atoms. The van der Waals surface area contributed by atoms with E-state index in [-0.39, 0.29) is 5.91 Å². The first kappa shape index (κ1) is 16.5. The summed E-state index contributed by atoms with van der Waals surface area (Å²) < 4.78 is 10.1. The average Bonchev–Trinajstić information content (AvgIpc) is 2.49. The monoisotopic (exact) mass is 280 g/mol. The van der Waals surface area contributed by atoms with Crippen molar-refractivity contribution < 1.29 is 14.3 Å². The van der Waals surface area contributed by atoms with E-state index >= 15 is 0 Å². The molecular weight excluding hydrogens is 256 g/mol. The zero-order valence-electron chi connectivity index (χ0n) is 12.3. The van der Waals surface area contributed by atoms with E-state index in [1.165, 1.54) is 0 Å². The van der Waals surface area contributed by atoms with Crippen LogP contribution in [-0.2, 0) is 16.0 Å². The molecule has 0 saturated heterocycles. The van der Waals surface area contributed by atoms with E-state index in [0.717, 1.165) is 17.7 Å². The molecule has 0 atom stereocenters. The second-order valence-corrected chi connectivity index (χ2v) is 4.51. The maximum absolute atomic E-state index is 12.1. The van der Waals surface area contributed by atoms with Crippen LogP contribution in [0.1, 0.15) is 12.0 Å². The third-order valence-corrected chi connectivity index (χ3v) is 3.10. The van der Waals surface area contributed by atoms with Crippen LogP contribution in [0.15, 0.2) is 24.3 Å². The van der Waals surface area contributed by atoms with Crippen molar-refractivity contribution in [2.75, 3.05) is 40.5 Å². The molecule has 5 heteroatoms. The number of hydrogen-bond acceptors (Lipinski definition) is 4. The predicted molar refractivity (Wildman–Crippen MR) is 78.8 cm³/mol. The van der Waals surface area contributed by atoms with Crippen molar-refractivity contribution in [1.29, 1.82) is 0 Å². The normalized spacial score (nSPS) is 10.3. The lowest BCUT2D eigenvalue weighted by Crippen LogP contribution is -2.37. The third kappa shape index (κ3) is 5.59. The quantitative estimate of drug-likeness (QED) is 0.734. The summed E-state index contributed by atoms with van der Waals surface area (Å²) in [7, 11) is 3.27. The Labute approximate surface area is 120 Å². The zero-order chi connectivity index (χ0) is 14.8. The molecule has 0 radical (unpaired) electrons. The molecule has 5 nitrogen and oxygen atoms in total. The molecule has 0 spiro atoms. The van der Waals surface area contributed by atoms with Gasteiger partial charge in [0.1, 0.15) is 5.75 Å². The number of carbonyl (C=O) groups is 1. The number of carbonyl (C=O) groups excluding carboxylic acids is 1. The standard InChI is InChI=1S/C15H24N2O3/c1-19-12-11-17(10-9-16)15(18)8-5-13-3-6-14(20-2)7-4-13/h3-4,6-7H,5,8-12,16H2,1-2H3. The molecule has 0 aliphatic rings. The number of methoxy groups -OCH3 is 2. The Kier molecular flexibility index (Phi) is 7.69. The van der Waals surface area contributed by atoms with E-state index in [1.807, 2.05) is 24.3 Å². The summed E-state index contributed by atoms with van der Waals surface area (Å²) in [5, 5.41) is 0. The highest BCUT2D eigenvalue weighted by Crippen LogP contribution is 2.13. The number of rotatable bonds is 9. The second-order valence-electron chi connectivity index (χ2n) is 4.51. The van der Waals surface area contributed by atoms with Crippen LogP contribution in [0.5, 0.6) is 5.75 Å². The number of nitrogens with zero attached hydrogens (tertiary/aromatic N) is 1. The molecular formula is C15H24N2O3. The van der Waals surface area contributed by atoms with E-state index in [2.05, 4.69) is 0 Å². The molecule has 1 aromatic rings. The van der Waals surface area contributed by atoms with Gasteiger partial charge in [0, 0.05) is 33.2 Å². The Hall–Kier alpha value is -1.59. The zero-order valence-corrected chi connectivity index (χ0v) is 12.3. The number of hydrogen-bond donors (Lipinski definition) is 1. The molecule has 0 unspecified atom stereocenters. The Morgan fingerprint density at radius 1 is 1.20 bits per heavy atom. The molecule has 0 fully saturated rings. The number of aryl methyl sites for hydroxylation is 1. The van der Waals surface area contributed by atoms with Gasteiger partial charge in [-0.15, -0.1) is 0 Å². The fourth-order valence-corrected chi connectivity index (χ4v) is 1.92. The Balaban J connectivity index is 2.46. The van der Waals surface area contributed by atoms with Gasteiger partial charge >= 0.3 is 0 Å². The van der Waals surface area contributed by atoms with Crippen LogP contribution in [0.4, 0.5) is 0 Å². The van der Waals surface area contributed by atoms with Crippen LogP contribution in [0.2, 0.25) is 0 Å². The van der Waals surface area contributed by atoms with E-state index in [9.17, 15) is 4.79 Å². The predicted octanol–water partition coefficient (Wildman–Crippen LogP) is 1.06. The molecule has 0 aromatic heterocycles. The van der Waals surface area contributed by atoms with Gasteiger partial charge in [0.15, 0.2) is 0 Å². The van der Waals surface area contributed by atoms with Crippen LogP contribution < -0.4 is 10.5 Å². The fraction of sp³-hybridized carbons (Fsp3) is 0.533. The highest BCUT2D eigenvalue weighted by Gasteiger charge is 2.12. The number of benzene rings is 1. The minimum atomic E-state index is 0.114. The molecule has 1 amide bonds. The van der Waals surface area contributed by atoms with Crippen molar-refractivity contribution in [2.24, 2.45) is 5.73 Å². The molecule has 1 rings (SSSR count). The lowest BCUT2D eigenvalue weighted by molar-refractivity contribution is -0.131. The minimum Gasteiger partial charge on any atom is -0.497 e. The Bertz CT molecular complexity index is 393. The maximum Gasteiger partial charge on any atom is 0.223 e. The topological polar surface area (TPSA) is 64.8 Å². The van der Waals surface area contributed by atoms with E-state index in [4.69, 9.17) is 15.2 Å². The van der Waals surface area contributed by atoms with Crippen molar-refractivity contribution in [3.63, 3.8) is 0 Å². The summed E-state index contributed by atoms with van der Waals surface area (Å²) in [6, 6.07) is 7.77. The van der Waals surface area contributed by atoms with Crippen LogP contribution in [0.3, 0.4) is 0 Å². The highest BCUT2D eigenvalue weighted by molar-refractivity contribution is 5.76. The van der Waals surface area contributed by atoms with Crippen molar-refractivity contribution in [2.45, 2.75) is 12.8 Å². The molecule has 0 aliphatic carbocycles. The summed E-state index contributed by atoms with van der Waals surface area (Å²) in [6.45, 7) is 2.17. The van der Waals surface area contributed by atoms with Gasteiger partial charge in [-0.25, -0.2) is 0 Å². The van der Waals surface area contributed by atoms with Crippen LogP contribution >= 0.6 is 0 Å². The molecule has 0 aliphatic heterocycles. The Morgan fingerprint density at radius 3 is 2.45 bits per heavy atom. The maximum atomic E-state index is 12.1. The first-order valence-corrected chi connectivity index (χ1v) is 6.81. The van der Waals surface area contributed by atoms with Gasteiger partial charge in [0.2, 0.25) is 5.91 Å². The van der Waals surface area contributed by atoms with E-state index in [0.29, 0.717) is 32.7 Å². The molecule has 0 bridgehead atoms. The van der Waals surface area contributed by atoms with Crippen LogP contribution in [0.25, 0.3) is 0 Å². The summed E-state index contributed by atoms with van der Waals surface area (Å²) in [5.74, 6) is 0.938. The lowest BCUT2D eigenvalue weighted by Gasteiger charge is -2.21. The first-order valence-electron chi connectivity index (χ1n) is 6.81. The summed E-state index contributed by atoms with van der Waals surface area (Å²) in [4.78, 5) is 13.9. The van der Waals surface area contributed by atoms with E-state index in [1.54, 1.807) is 19.1 Å². The van der Waals surface area contributed by atoms with Crippen LogP contribution in [0, 0.1) is 0 Å². The van der Waals surface area contributed by atoms with E-state index < -0.39 is 0 Å². The number of nitrogens with two attached hydrogens (primary N) is 1. The molecule has 112 valence electrons. The summed E-state index contributed by atoms with van der Waals surface area (Å²) in [5.41, 5.74) is 6.65. The highest BCUT2D eigenvalue weighted by atomic mass is 16.5. The smallest absolute Gasteiger partial charge is 0.223 e. The van der Waals surface area contributed by atoms with Gasteiger partial charge in [-0.1, -0.05) is 12.1 Å². The van der Waals surface area contributed by atoms with Gasteiger partial charge in [-0.2, -0.15) is 0 Å². The van der Waals surface area contributed by atoms with Crippen molar-refractivity contribution in [1.82, 2.24) is 4.90 Å². The van der Waals surface area contributed by atoms with Crippen molar-refractivity contribution in [3.05, 3.63) is 29.8 Å². The van der Waals surface area contributed by atoms with Crippen molar-refractivity contribution >= 4 is 5.91 Å². The fourth-order valence-electron chi connectivity index (χ4n) is 1.92. The number of amides is 1. The van der Waals surface area contributed by atoms with Crippen LogP contribution in [-0.4, -0.2) is 51.3 Å². The van der Waals surface area contributed by atoms with Gasteiger partial charge in [-0.3, -0.25) is 4.79 Å². The third-order valence-electron chi connectivity index (χ3n) is 3.10. The Morgan fingerprint density at radius 2 is 1.90 bits per heavy atom. The van der Waals surface area contributed by atoms with Gasteiger partial charge in [0.25, 0.3) is 0 Å². The first-order chi connectivity index (χ1) is 9.71. The molecule has 2 N–H and O–H groups in total. The molecule has 1 aromatic carbocycles. The van der Waals surface area contributed by atoms with Gasteiger partial charge < -0.3 is 20.1 Å².